The highest BCUT2D eigenvalue weighted by atomic mass is 32.2. The van der Waals surface area contributed by atoms with Crippen LogP contribution in [0.15, 0.2) is 24.3 Å². The molecule has 20 heavy (non-hydrogen) atoms. The minimum absolute atomic E-state index is 0.00320. The van der Waals surface area contributed by atoms with Crippen molar-refractivity contribution in [1.82, 2.24) is 4.90 Å². The summed E-state index contributed by atoms with van der Waals surface area (Å²) in [5.74, 6) is 5.03. The molecule has 1 aromatic rings. The van der Waals surface area contributed by atoms with E-state index in [-0.39, 0.29) is 37.1 Å². The first-order valence-electron chi connectivity index (χ1n) is 6.22. The van der Waals surface area contributed by atoms with Gasteiger partial charge in [-0.25, -0.2) is 8.42 Å². The van der Waals surface area contributed by atoms with E-state index in [0.717, 1.165) is 0 Å². The second-order valence-electron chi connectivity index (χ2n) is 4.45. The number of amides is 1. The molecule has 0 unspecified atom stereocenters. The van der Waals surface area contributed by atoms with Crippen molar-refractivity contribution in [3.8, 4) is 11.8 Å². The first kappa shape index (κ1) is 14.6. The number of carbonyl (C=O) groups excluding carboxylic acids is 1. The second-order valence-corrected chi connectivity index (χ2v) is 6.75. The molecule has 0 aliphatic carbocycles. The molecule has 5 nitrogen and oxygen atoms in total. The van der Waals surface area contributed by atoms with Crippen molar-refractivity contribution in [3.05, 3.63) is 35.4 Å². The van der Waals surface area contributed by atoms with Crippen molar-refractivity contribution in [3.63, 3.8) is 0 Å². The topological polar surface area (TPSA) is 74.7 Å². The van der Waals surface area contributed by atoms with Crippen molar-refractivity contribution in [1.29, 1.82) is 0 Å². The molecule has 1 N–H and O–H groups in total. The van der Waals surface area contributed by atoms with Crippen LogP contribution >= 0.6 is 0 Å². The number of benzene rings is 1. The van der Waals surface area contributed by atoms with Crippen LogP contribution in [0.25, 0.3) is 0 Å². The lowest BCUT2D eigenvalue weighted by molar-refractivity contribution is 0.0770. The molecule has 6 heteroatoms. The van der Waals surface area contributed by atoms with Crippen LogP contribution in [0.5, 0.6) is 0 Å². The Labute approximate surface area is 118 Å². The van der Waals surface area contributed by atoms with E-state index >= 15 is 0 Å². The van der Waals surface area contributed by atoms with Crippen molar-refractivity contribution in [2.24, 2.45) is 0 Å². The monoisotopic (exact) mass is 293 g/mol. The van der Waals surface area contributed by atoms with E-state index in [1.54, 1.807) is 24.3 Å². The summed E-state index contributed by atoms with van der Waals surface area (Å²) in [7, 11) is -3.01. The Kier molecular flexibility index (Phi) is 4.42. The van der Waals surface area contributed by atoms with Gasteiger partial charge in [0.1, 0.15) is 6.61 Å². The van der Waals surface area contributed by atoms with Crippen LogP contribution in [0.1, 0.15) is 15.9 Å². The summed E-state index contributed by atoms with van der Waals surface area (Å²) >= 11 is 0. The zero-order valence-corrected chi connectivity index (χ0v) is 11.7. The first-order valence-corrected chi connectivity index (χ1v) is 8.04. The van der Waals surface area contributed by atoms with Crippen LogP contribution in [-0.4, -0.2) is 55.5 Å². The number of hydrogen-bond acceptors (Lipinski definition) is 4. The molecule has 0 radical (unpaired) electrons. The highest BCUT2D eigenvalue weighted by molar-refractivity contribution is 7.91. The molecule has 0 aromatic heterocycles. The van der Waals surface area contributed by atoms with Gasteiger partial charge in [-0.15, -0.1) is 0 Å². The summed E-state index contributed by atoms with van der Waals surface area (Å²) in [5.41, 5.74) is 0.979. The minimum atomic E-state index is -3.01. The molecule has 1 fully saturated rings. The molecule has 1 amide bonds. The Morgan fingerprint density at radius 1 is 1.25 bits per heavy atom. The van der Waals surface area contributed by atoms with Gasteiger partial charge in [-0.1, -0.05) is 24.0 Å². The van der Waals surface area contributed by atoms with Crippen molar-refractivity contribution < 1.29 is 18.3 Å². The van der Waals surface area contributed by atoms with Crippen LogP contribution in [-0.2, 0) is 9.84 Å². The average molecular weight is 293 g/mol. The quantitative estimate of drug-likeness (QED) is 0.734. The third-order valence-corrected chi connectivity index (χ3v) is 4.70. The van der Waals surface area contributed by atoms with Gasteiger partial charge in [-0.3, -0.25) is 4.79 Å². The van der Waals surface area contributed by atoms with Crippen molar-refractivity contribution >= 4 is 15.7 Å². The predicted octanol–water partition coefficient (Wildman–Crippen LogP) is -0.0990. The fraction of sp³-hybridized carbons (Fsp3) is 0.357. The number of nitrogens with zero attached hydrogens (tertiary/aromatic N) is 1. The number of hydrogen-bond donors (Lipinski definition) is 1. The Hall–Kier alpha value is -1.84. The van der Waals surface area contributed by atoms with Gasteiger partial charge in [0.05, 0.1) is 17.1 Å². The molecule has 106 valence electrons. The fourth-order valence-corrected chi connectivity index (χ4v) is 3.20. The number of aliphatic hydroxyl groups is 1. The Morgan fingerprint density at radius 2 is 1.90 bits per heavy atom. The van der Waals surface area contributed by atoms with Gasteiger partial charge in [-0.2, -0.15) is 0 Å². The van der Waals surface area contributed by atoms with Gasteiger partial charge in [0.15, 0.2) is 9.84 Å². The molecule has 0 spiro atoms. The molecule has 0 bridgehead atoms. The fourth-order valence-electron chi connectivity index (χ4n) is 2.00. The number of rotatable bonds is 1. The maximum atomic E-state index is 12.4. The van der Waals surface area contributed by atoms with Gasteiger partial charge < -0.3 is 10.0 Å². The lowest BCUT2D eigenvalue weighted by atomic mass is 10.1. The molecule has 1 aliphatic heterocycles. The number of sulfone groups is 1. The van der Waals surface area contributed by atoms with Crippen molar-refractivity contribution in [2.45, 2.75) is 0 Å². The van der Waals surface area contributed by atoms with Gasteiger partial charge in [0.2, 0.25) is 0 Å². The molecular formula is C14H15NO4S. The summed E-state index contributed by atoms with van der Waals surface area (Å²) < 4.78 is 22.8. The zero-order chi connectivity index (χ0) is 14.6. The van der Waals surface area contributed by atoms with E-state index in [9.17, 15) is 13.2 Å². The normalized spacial score (nSPS) is 17.1. The average Bonchev–Trinajstić information content (AvgIpc) is 2.45. The largest absolute Gasteiger partial charge is 0.384 e. The third kappa shape index (κ3) is 3.38. The molecule has 0 saturated carbocycles. The van der Waals surface area contributed by atoms with Gasteiger partial charge in [0, 0.05) is 18.7 Å². The molecule has 0 atom stereocenters. The van der Waals surface area contributed by atoms with Crippen LogP contribution in [0.2, 0.25) is 0 Å². The van der Waals surface area contributed by atoms with E-state index in [2.05, 4.69) is 11.8 Å². The lowest BCUT2D eigenvalue weighted by Gasteiger charge is -2.27. The zero-order valence-electron chi connectivity index (χ0n) is 10.9. The summed E-state index contributed by atoms with van der Waals surface area (Å²) in [4.78, 5) is 13.9. The SMILES string of the molecule is O=C(c1ccccc1C#CCO)N1CCS(=O)(=O)CC1. The Bertz CT molecular complexity index is 656. The molecule has 2 rings (SSSR count). The summed E-state index contributed by atoms with van der Waals surface area (Å²) in [6, 6.07) is 6.86. The Balaban J connectivity index is 2.22. The van der Waals surface area contributed by atoms with E-state index in [4.69, 9.17) is 5.11 Å². The van der Waals surface area contributed by atoms with Crippen LogP contribution in [0.3, 0.4) is 0 Å². The minimum Gasteiger partial charge on any atom is -0.384 e. The number of aliphatic hydroxyl groups excluding tert-OH is 1. The van der Waals surface area contributed by atoms with Crippen molar-refractivity contribution in [2.75, 3.05) is 31.2 Å². The van der Waals surface area contributed by atoms with Gasteiger partial charge in [-0.05, 0) is 12.1 Å². The smallest absolute Gasteiger partial charge is 0.255 e. The molecular weight excluding hydrogens is 278 g/mol. The highest BCUT2D eigenvalue weighted by Gasteiger charge is 2.26. The third-order valence-electron chi connectivity index (χ3n) is 3.09. The van der Waals surface area contributed by atoms with Crippen LogP contribution in [0, 0.1) is 11.8 Å². The van der Waals surface area contributed by atoms with Gasteiger partial charge in [0.25, 0.3) is 5.91 Å². The summed E-state index contributed by atoms with van der Waals surface area (Å²) in [5, 5.41) is 8.73. The lowest BCUT2D eigenvalue weighted by Crippen LogP contribution is -2.43. The molecule has 1 aliphatic rings. The summed E-state index contributed by atoms with van der Waals surface area (Å²) in [6.07, 6.45) is 0. The van der Waals surface area contributed by atoms with E-state index < -0.39 is 9.84 Å². The van der Waals surface area contributed by atoms with E-state index in [1.165, 1.54) is 4.90 Å². The molecule has 1 heterocycles. The maximum absolute atomic E-state index is 12.4. The second kappa shape index (κ2) is 6.07. The van der Waals surface area contributed by atoms with Crippen LogP contribution in [0.4, 0.5) is 0 Å². The first-order chi connectivity index (χ1) is 9.53. The predicted molar refractivity (Wildman–Crippen MR) is 75.0 cm³/mol. The van der Waals surface area contributed by atoms with Crippen LogP contribution < -0.4 is 0 Å². The maximum Gasteiger partial charge on any atom is 0.255 e. The summed E-state index contributed by atoms with van der Waals surface area (Å²) in [6.45, 7) is 0.149. The number of carbonyl (C=O) groups is 1. The molecule has 1 aromatic carbocycles. The standard InChI is InChI=1S/C14H15NO4S/c16-9-3-5-12-4-1-2-6-13(12)14(17)15-7-10-20(18,19)11-8-15/h1-2,4,6,16H,7-11H2. The Morgan fingerprint density at radius 3 is 2.55 bits per heavy atom. The van der Waals surface area contributed by atoms with E-state index in [1.807, 2.05) is 0 Å². The van der Waals surface area contributed by atoms with E-state index in [0.29, 0.717) is 11.1 Å². The molecule has 1 saturated heterocycles. The van der Waals surface area contributed by atoms with Gasteiger partial charge >= 0.3 is 0 Å². The highest BCUT2D eigenvalue weighted by Crippen LogP contribution is 2.13.